The number of anilines is 1. The summed E-state index contributed by atoms with van der Waals surface area (Å²) in [5.74, 6) is -0.0432. The second-order valence-corrected chi connectivity index (χ2v) is 13.3. The first-order chi connectivity index (χ1) is 20.0. The molecule has 1 aliphatic carbocycles. The van der Waals surface area contributed by atoms with Gasteiger partial charge in [0.15, 0.2) is 5.82 Å². The van der Waals surface area contributed by atoms with Crippen LogP contribution in [0.2, 0.25) is 5.02 Å². The molecule has 3 aromatic carbocycles. The highest BCUT2D eigenvalue weighted by Gasteiger charge is 2.48. The van der Waals surface area contributed by atoms with Crippen LogP contribution < -0.4 is 15.0 Å². The molecule has 0 spiro atoms. The number of piperazine rings is 1. The molecule has 0 amide bonds. The summed E-state index contributed by atoms with van der Waals surface area (Å²) in [5.41, 5.74) is 0.277. The molecule has 10 heteroatoms. The highest BCUT2D eigenvalue weighted by molar-refractivity contribution is 6.35. The smallest absolute Gasteiger partial charge is 0.319 e. The van der Waals surface area contributed by atoms with Gasteiger partial charge in [-0.05, 0) is 74.8 Å². The highest BCUT2D eigenvalue weighted by atomic mass is 35.5. The van der Waals surface area contributed by atoms with Crippen LogP contribution in [0, 0.1) is 11.2 Å². The number of aliphatic hydroxyl groups is 1. The SMILES string of the molecule is CN(C)CC1(COc2nc(N3CC4CC(O)[C@](C)(C3)N4)c3cc(Cl)c(-c4cc(O)cc5ccccc45)c(F)c3n2)CC1. The quantitative estimate of drug-likeness (QED) is 0.277. The number of rotatable bonds is 7. The average molecular weight is 592 g/mol. The Balaban J connectivity index is 1.38. The van der Waals surface area contributed by atoms with E-state index in [1.165, 1.54) is 6.07 Å². The van der Waals surface area contributed by atoms with Crippen LogP contribution in [-0.2, 0) is 0 Å². The number of ether oxygens (including phenoxy) is 1. The molecule has 3 N–H and O–H groups in total. The molecule has 2 saturated heterocycles. The maximum atomic E-state index is 16.8. The number of hydrogen-bond acceptors (Lipinski definition) is 8. The number of nitrogens with zero attached hydrogens (tertiary/aromatic N) is 4. The van der Waals surface area contributed by atoms with Gasteiger partial charge in [0, 0.05) is 42.0 Å². The third-order valence-corrected chi connectivity index (χ3v) is 9.41. The Bertz CT molecular complexity index is 1710. The number of halogens is 2. The van der Waals surface area contributed by atoms with Crippen LogP contribution in [0.25, 0.3) is 32.8 Å². The van der Waals surface area contributed by atoms with Gasteiger partial charge in [-0.2, -0.15) is 9.97 Å². The molecule has 220 valence electrons. The lowest BCUT2D eigenvalue weighted by Gasteiger charge is -2.41. The van der Waals surface area contributed by atoms with Gasteiger partial charge in [0.25, 0.3) is 0 Å². The van der Waals surface area contributed by atoms with Gasteiger partial charge in [0.1, 0.15) is 17.1 Å². The molecule has 3 aliphatic rings. The Morgan fingerprint density at radius 1 is 1.17 bits per heavy atom. The summed E-state index contributed by atoms with van der Waals surface area (Å²) < 4.78 is 23.0. The third-order valence-electron chi connectivity index (χ3n) is 9.11. The number of phenols is 1. The molecule has 2 unspecified atom stereocenters. The lowest BCUT2D eigenvalue weighted by molar-refractivity contribution is 0.111. The van der Waals surface area contributed by atoms with E-state index in [9.17, 15) is 10.2 Å². The highest BCUT2D eigenvalue weighted by Crippen LogP contribution is 2.47. The van der Waals surface area contributed by atoms with Crippen molar-refractivity contribution in [3.8, 4) is 22.9 Å². The number of aromatic nitrogens is 2. The summed E-state index contributed by atoms with van der Waals surface area (Å²) in [4.78, 5) is 13.7. The standard InChI is InChI=1S/C32H35ClFN5O3/c1-31-15-39(14-19(37-31)11-25(31)41)29-23-13-24(33)26(22-12-20(40)10-18-6-4-5-7-21(18)22)27(34)28(23)35-30(36-29)42-17-32(8-9-32)16-38(2)3/h4-7,10,12-13,19,25,37,40-41H,8-9,11,14-17H2,1-3H3/t19?,25?,31-/m0/s1. The van der Waals surface area contributed by atoms with Crippen molar-refractivity contribution in [2.75, 3.05) is 45.2 Å². The molecular formula is C32H35ClFN5O3. The second kappa shape index (κ2) is 9.91. The summed E-state index contributed by atoms with van der Waals surface area (Å²) in [6.45, 7) is 4.42. The molecule has 2 aliphatic heterocycles. The maximum Gasteiger partial charge on any atom is 0.319 e. The number of phenolic OH excluding ortho intramolecular Hbond substituents is 1. The molecular weight excluding hydrogens is 557 g/mol. The number of aromatic hydroxyl groups is 1. The van der Waals surface area contributed by atoms with E-state index in [0.29, 0.717) is 42.9 Å². The third kappa shape index (κ3) is 4.72. The van der Waals surface area contributed by atoms with Gasteiger partial charge in [-0.25, -0.2) is 4.39 Å². The van der Waals surface area contributed by atoms with Crippen LogP contribution in [0.15, 0.2) is 42.5 Å². The number of hydrogen-bond donors (Lipinski definition) is 3. The summed E-state index contributed by atoms with van der Waals surface area (Å²) in [7, 11) is 4.09. The molecule has 3 atom stereocenters. The molecule has 3 heterocycles. The summed E-state index contributed by atoms with van der Waals surface area (Å²) >= 11 is 6.86. The first-order valence-electron chi connectivity index (χ1n) is 14.4. The fraction of sp³-hybridized carbons (Fsp3) is 0.438. The van der Waals surface area contributed by atoms with Crippen LogP contribution >= 0.6 is 11.6 Å². The minimum absolute atomic E-state index is 0.0189. The van der Waals surface area contributed by atoms with Crippen molar-refractivity contribution in [2.24, 2.45) is 5.41 Å². The van der Waals surface area contributed by atoms with Crippen LogP contribution in [0.5, 0.6) is 11.8 Å². The van der Waals surface area contributed by atoms with Gasteiger partial charge in [-0.3, -0.25) is 0 Å². The first-order valence-corrected chi connectivity index (χ1v) is 14.8. The molecule has 1 saturated carbocycles. The molecule has 2 bridgehead atoms. The summed E-state index contributed by atoms with van der Waals surface area (Å²) in [6, 6.07) is 12.6. The second-order valence-electron chi connectivity index (χ2n) is 12.9. The largest absolute Gasteiger partial charge is 0.508 e. The van der Waals surface area contributed by atoms with Crippen LogP contribution in [0.3, 0.4) is 0 Å². The van der Waals surface area contributed by atoms with E-state index in [1.54, 1.807) is 12.1 Å². The van der Waals surface area contributed by atoms with Gasteiger partial charge in [-0.15, -0.1) is 0 Å². The molecule has 3 fully saturated rings. The van der Waals surface area contributed by atoms with Crippen molar-refractivity contribution in [3.63, 3.8) is 0 Å². The van der Waals surface area contributed by atoms with E-state index < -0.39 is 17.5 Å². The number of benzene rings is 3. The molecule has 8 nitrogen and oxygen atoms in total. The number of fused-ring (bicyclic) bond motifs is 4. The monoisotopic (exact) mass is 591 g/mol. The van der Waals surface area contributed by atoms with Crippen LogP contribution in [0.4, 0.5) is 10.2 Å². The zero-order valence-corrected chi connectivity index (χ0v) is 24.7. The van der Waals surface area contributed by atoms with E-state index in [4.69, 9.17) is 21.3 Å². The van der Waals surface area contributed by atoms with E-state index in [1.807, 2.05) is 45.3 Å². The van der Waals surface area contributed by atoms with Crippen molar-refractivity contribution < 1.29 is 19.3 Å². The lowest BCUT2D eigenvalue weighted by Crippen LogP contribution is -2.61. The van der Waals surface area contributed by atoms with Gasteiger partial charge in [0.05, 0.1) is 23.3 Å². The zero-order chi connectivity index (χ0) is 29.4. The Kier molecular flexibility index (Phi) is 6.51. The molecule has 42 heavy (non-hydrogen) atoms. The predicted molar refractivity (Wildman–Crippen MR) is 163 cm³/mol. The van der Waals surface area contributed by atoms with Crippen molar-refractivity contribution in [1.29, 1.82) is 0 Å². The van der Waals surface area contributed by atoms with Gasteiger partial charge in [0.2, 0.25) is 0 Å². The van der Waals surface area contributed by atoms with Gasteiger partial charge >= 0.3 is 6.01 Å². The molecule has 7 rings (SSSR count). The zero-order valence-electron chi connectivity index (χ0n) is 24.0. The maximum absolute atomic E-state index is 16.8. The van der Waals surface area contributed by atoms with Crippen molar-refractivity contribution in [2.45, 2.75) is 43.9 Å². The van der Waals surface area contributed by atoms with Crippen molar-refractivity contribution in [1.82, 2.24) is 20.2 Å². The Morgan fingerprint density at radius 3 is 2.69 bits per heavy atom. The minimum Gasteiger partial charge on any atom is -0.508 e. The fourth-order valence-corrected chi connectivity index (χ4v) is 7.23. The van der Waals surface area contributed by atoms with E-state index in [2.05, 4.69) is 20.1 Å². The average Bonchev–Trinajstić information content (AvgIpc) is 3.65. The summed E-state index contributed by atoms with van der Waals surface area (Å²) in [5, 5.41) is 27.0. The van der Waals surface area contributed by atoms with Crippen molar-refractivity contribution >= 4 is 39.1 Å². The predicted octanol–water partition coefficient (Wildman–Crippen LogP) is 4.97. The van der Waals surface area contributed by atoms with Crippen LogP contribution in [0.1, 0.15) is 26.2 Å². The summed E-state index contributed by atoms with van der Waals surface area (Å²) in [6.07, 6.45) is 2.25. The fourth-order valence-electron chi connectivity index (χ4n) is 6.94. The normalized spacial score (nSPS) is 24.6. The van der Waals surface area contributed by atoms with E-state index in [0.717, 1.165) is 30.2 Å². The molecule has 1 aromatic heterocycles. The topological polar surface area (TPSA) is 94.0 Å². The molecule has 0 radical (unpaired) electrons. The van der Waals surface area contributed by atoms with Gasteiger partial charge in [-0.1, -0.05) is 35.9 Å². The molecule has 4 aromatic rings. The van der Waals surface area contributed by atoms with Crippen LogP contribution in [-0.4, -0.2) is 83.1 Å². The Hall–Kier alpha value is -3.24. The van der Waals surface area contributed by atoms with E-state index >= 15 is 4.39 Å². The van der Waals surface area contributed by atoms with Gasteiger partial charge < -0.3 is 30.1 Å². The minimum atomic E-state index is -0.597. The Labute approximate surface area is 249 Å². The Morgan fingerprint density at radius 2 is 1.95 bits per heavy atom. The first kappa shape index (κ1) is 27.6. The van der Waals surface area contributed by atoms with Crippen molar-refractivity contribution in [3.05, 3.63) is 53.3 Å². The number of aliphatic hydroxyl groups excluding tert-OH is 1. The van der Waals surface area contributed by atoms with E-state index in [-0.39, 0.29) is 39.3 Å². The lowest BCUT2D eigenvalue weighted by atomic mass is 9.95. The number of nitrogens with one attached hydrogen (secondary N) is 1.